The molecule has 1 aromatic carbocycles. The molecule has 1 saturated carbocycles. The highest BCUT2D eigenvalue weighted by Gasteiger charge is 2.34. The summed E-state index contributed by atoms with van der Waals surface area (Å²) in [4.78, 5) is 29.2. The number of rotatable bonds is 7. The summed E-state index contributed by atoms with van der Waals surface area (Å²) in [6.45, 7) is 3.17. The van der Waals surface area contributed by atoms with Crippen LogP contribution in [0.2, 0.25) is 0 Å². The molecule has 2 amide bonds. The van der Waals surface area contributed by atoms with E-state index in [1.54, 1.807) is 37.6 Å². The van der Waals surface area contributed by atoms with Crippen LogP contribution >= 0.6 is 0 Å². The lowest BCUT2D eigenvalue weighted by Gasteiger charge is -2.21. The number of carbonyl (C=O) groups excluding carboxylic acids is 2. The first-order valence-electron chi connectivity index (χ1n) is 9.29. The van der Waals surface area contributed by atoms with Crippen molar-refractivity contribution in [1.29, 1.82) is 0 Å². The number of benzene rings is 1. The van der Waals surface area contributed by atoms with E-state index in [0.717, 1.165) is 25.1 Å². The van der Waals surface area contributed by atoms with Crippen molar-refractivity contribution in [1.82, 2.24) is 20.2 Å². The molecule has 0 aliphatic heterocycles. The second-order valence-corrected chi connectivity index (χ2v) is 6.80. The zero-order valence-electron chi connectivity index (χ0n) is 15.8. The van der Waals surface area contributed by atoms with E-state index >= 15 is 0 Å². The van der Waals surface area contributed by atoms with Crippen molar-refractivity contribution in [2.24, 2.45) is 5.92 Å². The molecular formula is C20H26N4O3. The molecule has 0 bridgehead atoms. The van der Waals surface area contributed by atoms with E-state index < -0.39 is 0 Å². The fourth-order valence-corrected chi connectivity index (χ4v) is 3.51. The zero-order chi connectivity index (χ0) is 19.2. The van der Waals surface area contributed by atoms with Crippen LogP contribution in [0, 0.1) is 12.8 Å². The summed E-state index contributed by atoms with van der Waals surface area (Å²) in [6, 6.07) is 6.84. The van der Waals surface area contributed by atoms with Gasteiger partial charge in [-0.15, -0.1) is 0 Å². The standard InChI is InChI=1S/C20H26N4O3/c1-14-21-10-12-24(14)13-11-22-20(26)17-4-3-5-18(17)23-19(25)15-6-8-16(27-2)9-7-15/h6-10,12,17-18H,3-5,11,13H2,1-2H3,(H,22,26)(H,23,25)/t17-,18+/m0/s1. The number of ether oxygens (including phenoxy) is 1. The lowest BCUT2D eigenvalue weighted by Crippen LogP contribution is -2.44. The van der Waals surface area contributed by atoms with Gasteiger partial charge in [-0.2, -0.15) is 0 Å². The van der Waals surface area contributed by atoms with Crippen LogP contribution in [0.15, 0.2) is 36.7 Å². The minimum Gasteiger partial charge on any atom is -0.497 e. The Kier molecular flexibility index (Phi) is 6.11. The summed E-state index contributed by atoms with van der Waals surface area (Å²) in [5.74, 6) is 1.30. The van der Waals surface area contributed by atoms with Gasteiger partial charge in [0.05, 0.1) is 13.0 Å². The largest absolute Gasteiger partial charge is 0.497 e. The topological polar surface area (TPSA) is 85.2 Å². The first-order valence-corrected chi connectivity index (χ1v) is 9.29. The minimum atomic E-state index is -0.184. The maximum atomic E-state index is 12.6. The molecule has 2 atom stereocenters. The Bertz CT molecular complexity index is 785. The van der Waals surface area contributed by atoms with Crippen molar-refractivity contribution in [2.45, 2.75) is 38.8 Å². The molecule has 27 heavy (non-hydrogen) atoms. The fraction of sp³-hybridized carbons (Fsp3) is 0.450. The van der Waals surface area contributed by atoms with Crippen molar-refractivity contribution in [3.8, 4) is 5.75 Å². The van der Waals surface area contributed by atoms with Gasteiger partial charge in [-0.1, -0.05) is 6.42 Å². The monoisotopic (exact) mass is 370 g/mol. The van der Waals surface area contributed by atoms with Crippen LogP contribution in [0.5, 0.6) is 5.75 Å². The van der Waals surface area contributed by atoms with E-state index in [9.17, 15) is 9.59 Å². The molecule has 0 unspecified atom stereocenters. The lowest BCUT2D eigenvalue weighted by atomic mass is 10.0. The van der Waals surface area contributed by atoms with Crippen LogP contribution in [0.4, 0.5) is 0 Å². The van der Waals surface area contributed by atoms with Gasteiger partial charge in [0.1, 0.15) is 11.6 Å². The third-order valence-corrected chi connectivity index (χ3v) is 5.10. The Labute approximate surface area is 159 Å². The van der Waals surface area contributed by atoms with E-state index in [4.69, 9.17) is 4.74 Å². The normalized spacial score (nSPS) is 18.9. The van der Waals surface area contributed by atoms with Gasteiger partial charge in [0, 0.05) is 37.1 Å². The van der Waals surface area contributed by atoms with Crippen LogP contribution in [-0.4, -0.2) is 41.1 Å². The maximum absolute atomic E-state index is 12.6. The van der Waals surface area contributed by atoms with Gasteiger partial charge in [-0.3, -0.25) is 9.59 Å². The predicted octanol–water partition coefficient (Wildman–Crippen LogP) is 1.92. The summed E-state index contributed by atoms with van der Waals surface area (Å²) < 4.78 is 7.11. The number of aryl methyl sites for hydroxylation is 1. The minimum absolute atomic E-state index is 0.00491. The predicted molar refractivity (Wildman–Crippen MR) is 102 cm³/mol. The van der Waals surface area contributed by atoms with Crippen molar-refractivity contribution >= 4 is 11.8 Å². The van der Waals surface area contributed by atoms with Crippen LogP contribution in [0.25, 0.3) is 0 Å². The molecule has 1 fully saturated rings. The van der Waals surface area contributed by atoms with Gasteiger partial charge in [-0.25, -0.2) is 4.98 Å². The summed E-state index contributed by atoms with van der Waals surface area (Å²) >= 11 is 0. The van der Waals surface area contributed by atoms with Crippen molar-refractivity contribution in [3.63, 3.8) is 0 Å². The molecule has 2 aromatic rings. The summed E-state index contributed by atoms with van der Waals surface area (Å²) in [5.41, 5.74) is 0.567. The molecule has 2 N–H and O–H groups in total. The number of methoxy groups -OCH3 is 1. The molecule has 144 valence electrons. The van der Waals surface area contributed by atoms with E-state index in [-0.39, 0.29) is 23.8 Å². The van der Waals surface area contributed by atoms with E-state index in [1.807, 2.05) is 17.7 Å². The summed E-state index contributed by atoms with van der Waals surface area (Å²) in [6.07, 6.45) is 6.20. The molecule has 3 rings (SSSR count). The third-order valence-electron chi connectivity index (χ3n) is 5.10. The number of nitrogens with one attached hydrogen (secondary N) is 2. The summed E-state index contributed by atoms with van der Waals surface area (Å²) in [7, 11) is 1.59. The molecule has 1 aliphatic rings. The number of carbonyl (C=O) groups is 2. The van der Waals surface area contributed by atoms with Crippen LogP contribution in [0.1, 0.15) is 35.4 Å². The van der Waals surface area contributed by atoms with Crippen molar-refractivity contribution in [2.75, 3.05) is 13.7 Å². The second kappa shape index (κ2) is 8.70. The van der Waals surface area contributed by atoms with Gasteiger partial charge < -0.3 is 19.9 Å². The Hall–Kier alpha value is -2.83. The average molecular weight is 370 g/mol. The first kappa shape index (κ1) is 18.9. The molecule has 7 heteroatoms. The van der Waals surface area contributed by atoms with Crippen molar-refractivity contribution in [3.05, 3.63) is 48.0 Å². The Morgan fingerprint density at radius 2 is 2.04 bits per heavy atom. The highest BCUT2D eigenvalue weighted by molar-refractivity contribution is 5.95. The van der Waals surface area contributed by atoms with E-state index in [1.165, 1.54) is 0 Å². The van der Waals surface area contributed by atoms with Gasteiger partial charge in [0.25, 0.3) is 5.91 Å². The first-order chi connectivity index (χ1) is 13.1. The molecular weight excluding hydrogens is 344 g/mol. The third kappa shape index (κ3) is 4.67. The molecule has 1 heterocycles. The molecule has 0 spiro atoms. The number of amides is 2. The maximum Gasteiger partial charge on any atom is 0.251 e. The zero-order valence-corrected chi connectivity index (χ0v) is 15.8. The van der Waals surface area contributed by atoms with Crippen molar-refractivity contribution < 1.29 is 14.3 Å². The Balaban J connectivity index is 1.52. The molecule has 0 saturated heterocycles. The van der Waals surface area contributed by atoms with Crippen LogP contribution in [0.3, 0.4) is 0 Å². The quantitative estimate of drug-likeness (QED) is 0.780. The Morgan fingerprint density at radius 1 is 1.26 bits per heavy atom. The van der Waals surface area contributed by atoms with E-state index in [2.05, 4.69) is 15.6 Å². The number of imidazole rings is 1. The van der Waals surface area contributed by atoms with Gasteiger partial charge in [-0.05, 0) is 44.0 Å². The van der Waals surface area contributed by atoms with E-state index in [0.29, 0.717) is 24.4 Å². The molecule has 7 nitrogen and oxygen atoms in total. The number of aromatic nitrogens is 2. The highest BCUT2D eigenvalue weighted by atomic mass is 16.5. The average Bonchev–Trinajstić information content (AvgIpc) is 3.31. The summed E-state index contributed by atoms with van der Waals surface area (Å²) in [5, 5.41) is 6.01. The SMILES string of the molecule is COc1ccc(C(=O)N[C@@H]2CCC[C@@H]2C(=O)NCCn2ccnc2C)cc1. The number of hydrogen-bond acceptors (Lipinski definition) is 4. The lowest BCUT2D eigenvalue weighted by molar-refractivity contribution is -0.125. The second-order valence-electron chi connectivity index (χ2n) is 6.80. The Morgan fingerprint density at radius 3 is 2.70 bits per heavy atom. The highest BCUT2D eigenvalue weighted by Crippen LogP contribution is 2.26. The van der Waals surface area contributed by atoms with Gasteiger partial charge in [0.15, 0.2) is 0 Å². The van der Waals surface area contributed by atoms with Crippen LogP contribution < -0.4 is 15.4 Å². The molecule has 0 radical (unpaired) electrons. The smallest absolute Gasteiger partial charge is 0.251 e. The fourth-order valence-electron chi connectivity index (χ4n) is 3.51. The van der Waals surface area contributed by atoms with Gasteiger partial charge in [0.2, 0.25) is 5.91 Å². The van der Waals surface area contributed by atoms with Crippen LogP contribution in [-0.2, 0) is 11.3 Å². The number of hydrogen-bond donors (Lipinski definition) is 2. The van der Waals surface area contributed by atoms with Gasteiger partial charge >= 0.3 is 0 Å². The molecule has 1 aliphatic carbocycles. The number of nitrogens with zero attached hydrogens (tertiary/aromatic N) is 2. The molecule has 1 aromatic heterocycles.